The van der Waals surface area contributed by atoms with Crippen LogP contribution < -0.4 is 0 Å². The fourth-order valence-corrected chi connectivity index (χ4v) is 11.6. The van der Waals surface area contributed by atoms with Gasteiger partial charge in [0.15, 0.2) is 12.2 Å². The molecule has 5 atom stereocenters. The van der Waals surface area contributed by atoms with Crippen molar-refractivity contribution in [3.05, 3.63) is 158 Å². The number of esters is 4. The zero-order chi connectivity index (χ0) is 76.0. The molecule has 0 rings (SSSR count). The van der Waals surface area contributed by atoms with Gasteiger partial charge in [0.1, 0.15) is 19.3 Å². The Balaban J connectivity index is 5.47. The van der Waals surface area contributed by atoms with E-state index in [2.05, 4.69) is 149 Å². The normalized spacial score (nSPS) is 14.7. The van der Waals surface area contributed by atoms with Crippen LogP contribution >= 0.6 is 15.6 Å². The Morgan fingerprint density at radius 2 is 0.548 bits per heavy atom. The van der Waals surface area contributed by atoms with Crippen LogP contribution in [0.2, 0.25) is 0 Å². The average molecular weight is 1500 g/mol. The quantitative estimate of drug-likeness (QED) is 0.0169. The maximum atomic E-state index is 13.1. The van der Waals surface area contributed by atoms with Gasteiger partial charge >= 0.3 is 39.5 Å². The molecule has 0 aliphatic carbocycles. The molecule has 104 heavy (non-hydrogen) atoms. The highest BCUT2D eigenvalue weighted by Gasteiger charge is 2.30. The molecule has 0 radical (unpaired) electrons. The van der Waals surface area contributed by atoms with Crippen LogP contribution in [0.25, 0.3) is 0 Å². The number of aliphatic hydroxyl groups is 1. The van der Waals surface area contributed by atoms with Gasteiger partial charge in [-0.25, -0.2) is 9.13 Å². The number of carbonyl (C=O) groups is 4. The van der Waals surface area contributed by atoms with Crippen molar-refractivity contribution in [2.24, 2.45) is 0 Å². The third-order valence-electron chi connectivity index (χ3n) is 16.0. The van der Waals surface area contributed by atoms with Crippen LogP contribution in [0.1, 0.15) is 297 Å². The Morgan fingerprint density at radius 3 is 0.913 bits per heavy atom. The third kappa shape index (κ3) is 74.9. The largest absolute Gasteiger partial charge is 0.472 e. The SMILES string of the molecule is CC/C=C\C/C=C\C/C=C\C/C=C\C/C=C\CCCC(=O)OCC(COP(=O)(O)OCC(O)COP(=O)(O)OCC(COC(=O)CCCCCCCC/C=C\C/C=C\C/C=C\CCCCC)OC(=O)CCCCCCCCCCCCCCC)OC(=O)C/C=C\C/C=C\C/C=C\C/C=C\C/C=C\CC. The number of rotatable bonds is 73. The lowest BCUT2D eigenvalue weighted by atomic mass is 10.0. The standard InChI is InChI=1S/C85H140O17P2/c1-5-9-13-17-21-25-29-33-36-38-39-41-44-47-50-54-58-62-66-70-83(88)95-75-80(101-84(89)71-67-63-59-55-51-45-32-28-24-20-16-12-8-4)77-99-103(91,92)97-73-79(86)74-98-104(93,94)100-78-81(102-85(90)72-68-64-60-56-52-48-42-35-31-27-23-19-15-11-7-3)76-96-82(87)69-65-61-57-53-49-46-43-40-37-34-30-26-22-18-14-10-6-2/h10-11,14-15,21-23,25-27,33-37,39,41-43,46,52-53,56-57,64,68,79-81,86H,5-9,12-13,16-20,24,28-32,38,40,44-45,47-51,54-55,58-63,65-67,69-78H2,1-4H3,(H,91,92)(H,93,94)/b14-10-,15-11-,25-21-,26-22-,27-23-,36-33-,37-34-,41-39-,42-35-,46-43-,56-52-,57-53-,68-64-. The number of ether oxygens (including phenoxy) is 4. The van der Waals surface area contributed by atoms with E-state index in [1.54, 1.807) is 12.2 Å². The summed E-state index contributed by atoms with van der Waals surface area (Å²) >= 11 is 0. The van der Waals surface area contributed by atoms with E-state index in [-0.39, 0.29) is 25.7 Å². The van der Waals surface area contributed by atoms with E-state index in [9.17, 15) is 43.2 Å². The second-order valence-electron chi connectivity index (χ2n) is 25.9. The van der Waals surface area contributed by atoms with Gasteiger partial charge in [0.25, 0.3) is 0 Å². The first-order valence-electron chi connectivity index (χ1n) is 39.7. The summed E-state index contributed by atoms with van der Waals surface area (Å²) < 4.78 is 68.4. The number of aliphatic hydroxyl groups excluding tert-OH is 1. The van der Waals surface area contributed by atoms with Gasteiger partial charge in [-0.2, -0.15) is 0 Å². The second kappa shape index (κ2) is 75.9. The molecule has 0 aromatic heterocycles. The zero-order valence-corrected chi connectivity index (χ0v) is 66.4. The van der Waals surface area contributed by atoms with E-state index in [0.29, 0.717) is 32.1 Å². The van der Waals surface area contributed by atoms with E-state index >= 15 is 0 Å². The van der Waals surface area contributed by atoms with Gasteiger partial charge in [0.05, 0.1) is 32.8 Å². The topological polar surface area (TPSA) is 237 Å². The summed E-state index contributed by atoms with van der Waals surface area (Å²) in [6, 6.07) is 0. The summed E-state index contributed by atoms with van der Waals surface area (Å²) in [6.45, 7) is 4.42. The van der Waals surface area contributed by atoms with E-state index in [0.717, 1.165) is 141 Å². The van der Waals surface area contributed by atoms with Gasteiger partial charge in [-0.3, -0.25) is 37.3 Å². The molecule has 0 amide bonds. The number of hydrogen-bond acceptors (Lipinski definition) is 15. The molecule has 0 aliphatic rings. The summed E-state index contributed by atoms with van der Waals surface area (Å²) in [7, 11) is -10.0. The maximum Gasteiger partial charge on any atom is 0.472 e. The first kappa shape index (κ1) is 98.7. The minimum Gasteiger partial charge on any atom is -0.462 e. The molecule has 592 valence electrons. The van der Waals surface area contributed by atoms with Gasteiger partial charge in [-0.1, -0.05) is 301 Å². The predicted octanol–water partition coefficient (Wildman–Crippen LogP) is 23.2. The summed E-state index contributed by atoms with van der Waals surface area (Å²) in [5.41, 5.74) is 0. The first-order chi connectivity index (χ1) is 50.7. The minimum atomic E-state index is -5.02. The highest BCUT2D eigenvalue weighted by atomic mass is 31.2. The van der Waals surface area contributed by atoms with E-state index in [1.165, 1.54) is 70.6 Å². The number of unbranched alkanes of at least 4 members (excludes halogenated alkanes) is 22. The van der Waals surface area contributed by atoms with Crippen molar-refractivity contribution in [2.75, 3.05) is 39.6 Å². The van der Waals surface area contributed by atoms with Crippen LogP contribution in [0.4, 0.5) is 0 Å². The van der Waals surface area contributed by atoms with E-state index in [4.69, 9.17) is 37.0 Å². The van der Waals surface area contributed by atoms with Crippen LogP contribution in [0.15, 0.2) is 158 Å². The lowest BCUT2D eigenvalue weighted by molar-refractivity contribution is -0.161. The Kier molecular flexibility index (Phi) is 72.0. The molecule has 0 spiro atoms. The summed E-state index contributed by atoms with van der Waals surface area (Å²) in [5.74, 6) is -2.41. The fraction of sp³-hybridized carbons (Fsp3) is 0.647. The number of phosphoric acid groups is 2. The monoisotopic (exact) mass is 1490 g/mol. The number of allylic oxidation sites excluding steroid dienone is 25. The molecule has 0 aromatic carbocycles. The summed E-state index contributed by atoms with van der Waals surface area (Å²) in [4.78, 5) is 72.9. The van der Waals surface area contributed by atoms with Crippen molar-refractivity contribution in [3.8, 4) is 0 Å². The van der Waals surface area contributed by atoms with Crippen molar-refractivity contribution >= 4 is 39.5 Å². The smallest absolute Gasteiger partial charge is 0.462 e. The van der Waals surface area contributed by atoms with Gasteiger partial charge in [-0.05, 0) is 128 Å². The van der Waals surface area contributed by atoms with Crippen LogP contribution in [0.3, 0.4) is 0 Å². The Bertz CT molecular complexity index is 2590. The molecule has 5 unspecified atom stereocenters. The van der Waals surface area contributed by atoms with Crippen LogP contribution in [0.5, 0.6) is 0 Å². The molecule has 0 saturated heterocycles. The number of phosphoric ester groups is 2. The molecule has 0 aromatic rings. The average Bonchev–Trinajstić information content (AvgIpc) is 0.939. The lowest BCUT2D eigenvalue weighted by Crippen LogP contribution is -2.30. The Morgan fingerprint density at radius 1 is 0.288 bits per heavy atom. The van der Waals surface area contributed by atoms with E-state index in [1.807, 2.05) is 24.3 Å². The molecule has 3 N–H and O–H groups in total. The van der Waals surface area contributed by atoms with Gasteiger partial charge in [-0.15, -0.1) is 0 Å². The van der Waals surface area contributed by atoms with Gasteiger partial charge < -0.3 is 33.8 Å². The third-order valence-corrected chi connectivity index (χ3v) is 17.9. The summed E-state index contributed by atoms with van der Waals surface area (Å²) in [6.07, 6.45) is 88.4. The first-order valence-corrected chi connectivity index (χ1v) is 42.7. The van der Waals surface area contributed by atoms with Gasteiger partial charge in [0.2, 0.25) is 0 Å². The molecule has 0 aliphatic heterocycles. The summed E-state index contributed by atoms with van der Waals surface area (Å²) in [5, 5.41) is 10.6. The molecular formula is C85H140O17P2. The number of carbonyl (C=O) groups excluding carboxylic acids is 4. The van der Waals surface area contributed by atoms with Gasteiger partial charge in [0, 0.05) is 19.3 Å². The highest BCUT2D eigenvalue weighted by molar-refractivity contribution is 7.47. The molecule has 0 saturated carbocycles. The van der Waals surface area contributed by atoms with Crippen molar-refractivity contribution in [1.82, 2.24) is 0 Å². The maximum absolute atomic E-state index is 13.1. The van der Waals surface area contributed by atoms with Crippen molar-refractivity contribution < 1.29 is 80.2 Å². The molecule has 17 nitrogen and oxygen atoms in total. The molecule has 0 heterocycles. The predicted molar refractivity (Wildman–Crippen MR) is 427 cm³/mol. The van der Waals surface area contributed by atoms with Crippen molar-refractivity contribution in [2.45, 2.75) is 316 Å². The zero-order valence-electron chi connectivity index (χ0n) is 64.6. The Labute approximate surface area is 629 Å². The lowest BCUT2D eigenvalue weighted by Gasteiger charge is -2.21. The molecular weight excluding hydrogens is 1350 g/mol. The fourth-order valence-electron chi connectivity index (χ4n) is 10.0. The Hall–Kier alpha value is -5.32. The molecule has 0 bridgehead atoms. The van der Waals surface area contributed by atoms with E-state index < -0.39 is 97.5 Å². The van der Waals surface area contributed by atoms with Crippen LogP contribution in [0, 0.1) is 0 Å². The molecule has 0 fully saturated rings. The highest BCUT2D eigenvalue weighted by Crippen LogP contribution is 2.45. The minimum absolute atomic E-state index is 0.0586. The van der Waals surface area contributed by atoms with Crippen molar-refractivity contribution in [3.63, 3.8) is 0 Å². The molecule has 19 heteroatoms. The second-order valence-corrected chi connectivity index (χ2v) is 28.8. The van der Waals surface area contributed by atoms with Crippen LogP contribution in [-0.2, 0) is 65.4 Å². The number of hydrogen-bond donors (Lipinski definition) is 3. The van der Waals surface area contributed by atoms with Crippen LogP contribution in [-0.4, -0.2) is 96.7 Å². The van der Waals surface area contributed by atoms with Crippen molar-refractivity contribution in [1.29, 1.82) is 0 Å².